The van der Waals surface area contributed by atoms with E-state index in [9.17, 15) is 5.11 Å². The van der Waals surface area contributed by atoms with Crippen LogP contribution in [0.5, 0.6) is 5.75 Å². The van der Waals surface area contributed by atoms with E-state index >= 15 is 0 Å². The lowest BCUT2D eigenvalue weighted by Crippen LogP contribution is -2.14. The highest BCUT2D eigenvalue weighted by Crippen LogP contribution is 2.40. The average molecular weight is 459 g/mol. The fourth-order valence-electron chi connectivity index (χ4n) is 5.51. The Labute approximate surface area is 208 Å². The smallest absolute Gasteiger partial charge is 0.119 e. The summed E-state index contributed by atoms with van der Waals surface area (Å²) in [5.41, 5.74) is 1.23. The second-order valence-electron chi connectivity index (χ2n) is 10.6. The summed E-state index contributed by atoms with van der Waals surface area (Å²) in [7, 11) is 0. The van der Waals surface area contributed by atoms with Gasteiger partial charge in [0.25, 0.3) is 0 Å². The second-order valence-corrected chi connectivity index (χ2v) is 10.6. The van der Waals surface area contributed by atoms with Gasteiger partial charge < -0.3 is 5.11 Å². The van der Waals surface area contributed by atoms with Crippen LogP contribution in [0.3, 0.4) is 0 Å². The monoisotopic (exact) mass is 458 g/mol. The maximum Gasteiger partial charge on any atom is 0.119 e. The van der Waals surface area contributed by atoms with E-state index in [1.54, 1.807) is 0 Å². The van der Waals surface area contributed by atoms with E-state index in [1.165, 1.54) is 140 Å². The van der Waals surface area contributed by atoms with Crippen LogP contribution in [0.15, 0.2) is 24.3 Å². The molecule has 1 heteroatoms. The summed E-state index contributed by atoms with van der Waals surface area (Å²) >= 11 is 0. The quantitative estimate of drug-likeness (QED) is 0.162. The molecule has 0 saturated carbocycles. The zero-order valence-corrected chi connectivity index (χ0v) is 22.8. The Kier molecular flexibility index (Phi) is 19.6. The van der Waals surface area contributed by atoms with Crippen LogP contribution >= 0.6 is 0 Å². The first-order chi connectivity index (χ1) is 16.2. The van der Waals surface area contributed by atoms with Crippen molar-refractivity contribution in [3.05, 3.63) is 29.8 Å². The summed E-state index contributed by atoms with van der Waals surface area (Å²) in [5, 5.41) is 10.7. The third-order valence-electron chi connectivity index (χ3n) is 7.63. The average Bonchev–Trinajstić information content (AvgIpc) is 2.82. The Morgan fingerprint density at radius 3 is 1.36 bits per heavy atom. The lowest BCUT2D eigenvalue weighted by molar-refractivity contribution is 0.314. The first-order valence-corrected chi connectivity index (χ1v) is 15.0. The summed E-state index contributed by atoms with van der Waals surface area (Å²) in [6.07, 6.45) is 28.6. The molecule has 0 amide bonds. The predicted octanol–water partition coefficient (Wildman–Crippen LogP) is 11.3. The molecular weight excluding hydrogens is 400 g/mol. The molecule has 1 nitrogen and oxygen atoms in total. The molecule has 192 valence electrons. The Morgan fingerprint density at radius 2 is 0.909 bits per heavy atom. The molecule has 0 heterocycles. The van der Waals surface area contributed by atoms with E-state index in [-0.39, 0.29) is 0 Å². The molecule has 0 aliphatic rings. The molecule has 0 spiro atoms. The van der Waals surface area contributed by atoms with E-state index in [2.05, 4.69) is 32.9 Å². The summed E-state index contributed by atoms with van der Waals surface area (Å²) in [4.78, 5) is 0. The number of unbranched alkanes of at least 4 members (excludes halogenated alkanes) is 15. The molecule has 1 aromatic carbocycles. The van der Waals surface area contributed by atoms with Crippen LogP contribution in [-0.4, -0.2) is 5.11 Å². The number of phenols is 1. The Bertz CT molecular complexity index is 537. The molecular formula is C32H58O. The molecule has 0 aliphatic carbocycles. The zero-order valence-electron chi connectivity index (χ0n) is 22.8. The maximum absolute atomic E-state index is 10.7. The minimum atomic E-state index is 0.531. The number of benzene rings is 1. The molecule has 2 unspecified atom stereocenters. The van der Waals surface area contributed by atoms with Gasteiger partial charge in [0.2, 0.25) is 0 Å². The highest BCUT2D eigenvalue weighted by molar-refractivity contribution is 5.35. The lowest BCUT2D eigenvalue weighted by atomic mass is 9.76. The van der Waals surface area contributed by atoms with Crippen LogP contribution in [0, 0.1) is 5.92 Å². The van der Waals surface area contributed by atoms with E-state index < -0.39 is 0 Å². The number of hydrogen-bond donors (Lipinski definition) is 1. The van der Waals surface area contributed by atoms with Gasteiger partial charge in [-0.3, -0.25) is 0 Å². The van der Waals surface area contributed by atoms with Gasteiger partial charge in [-0.15, -0.1) is 0 Å². The van der Waals surface area contributed by atoms with Gasteiger partial charge in [-0.25, -0.2) is 0 Å². The van der Waals surface area contributed by atoms with Crippen molar-refractivity contribution < 1.29 is 5.11 Å². The largest absolute Gasteiger partial charge is 0.508 e. The third kappa shape index (κ3) is 14.8. The first kappa shape index (κ1) is 30.1. The van der Waals surface area contributed by atoms with Gasteiger partial charge in [0.15, 0.2) is 0 Å². The van der Waals surface area contributed by atoms with Gasteiger partial charge in [-0.1, -0.05) is 155 Å². The molecule has 0 aromatic heterocycles. The Morgan fingerprint density at radius 1 is 0.515 bits per heavy atom. The molecule has 1 N–H and O–H groups in total. The zero-order chi connectivity index (χ0) is 24.0. The van der Waals surface area contributed by atoms with Crippen LogP contribution in [0.25, 0.3) is 0 Å². The summed E-state index contributed by atoms with van der Waals surface area (Å²) in [5.74, 6) is 1.79. The topological polar surface area (TPSA) is 20.2 Å². The highest BCUT2D eigenvalue weighted by Gasteiger charge is 2.24. The molecule has 1 rings (SSSR count). The SMILES string of the molecule is CCCCCCCCCC(c1ccccc1O)C(CCCCCCC)CCCCCCCC. The minimum Gasteiger partial charge on any atom is -0.508 e. The van der Waals surface area contributed by atoms with Crippen LogP contribution in [0.2, 0.25) is 0 Å². The van der Waals surface area contributed by atoms with Gasteiger partial charge in [0.1, 0.15) is 5.75 Å². The van der Waals surface area contributed by atoms with E-state index in [0.717, 1.165) is 5.92 Å². The molecule has 0 bridgehead atoms. The van der Waals surface area contributed by atoms with Crippen molar-refractivity contribution in [2.24, 2.45) is 5.92 Å². The maximum atomic E-state index is 10.7. The van der Waals surface area contributed by atoms with Gasteiger partial charge >= 0.3 is 0 Å². The molecule has 33 heavy (non-hydrogen) atoms. The number of aromatic hydroxyl groups is 1. The van der Waals surface area contributed by atoms with Crippen molar-refractivity contribution >= 4 is 0 Å². The van der Waals surface area contributed by atoms with E-state index in [0.29, 0.717) is 11.7 Å². The molecule has 1 aromatic rings. The van der Waals surface area contributed by atoms with E-state index in [1.807, 2.05) is 12.1 Å². The van der Waals surface area contributed by atoms with Crippen molar-refractivity contribution in [2.75, 3.05) is 0 Å². The third-order valence-corrected chi connectivity index (χ3v) is 7.63. The van der Waals surface area contributed by atoms with Crippen molar-refractivity contribution in [1.82, 2.24) is 0 Å². The lowest BCUT2D eigenvalue weighted by Gasteiger charge is -2.29. The van der Waals surface area contributed by atoms with Crippen LogP contribution < -0.4 is 0 Å². The van der Waals surface area contributed by atoms with Crippen LogP contribution in [0.4, 0.5) is 0 Å². The number of rotatable bonds is 23. The van der Waals surface area contributed by atoms with Gasteiger partial charge in [-0.2, -0.15) is 0 Å². The molecule has 0 radical (unpaired) electrons. The van der Waals surface area contributed by atoms with Crippen molar-refractivity contribution in [2.45, 2.75) is 162 Å². The highest BCUT2D eigenvalue weighted by atomic mass is 16.3. The fourth-order valence-corrected chi connectivity index (χ4v) is 5.51. The Balaban J connectivity index is 2.72. The fraction of sp³-hybridized carbons (Fsp3) is 0.812. The van der Waals surface area contributed by atoms with E-state index in [4.69, 9.17) is 0 Å². The normalized spacial score (nSPS) is 13.3. The first-order valence-electron chi connectivity index (χ1n) is 15.0. The Hall–Kier alpha value is -0.980. The van der Waals surface area contributed by atoms with Gasteiger partial charge in [0, 0.05) is 0 Å². The number of para-hydroxylation sites is 1. The molecule has 0 saturated heterocycles. The molecule has 0 aliphatic heterocycles. The molecule has 2 atom stereocenters. The minimum absolute atomic E-state index is 0.531. The number of phenolic OH excluding ortho intramolecular Hbond substituents is 1. The standard InChI is InChI=1S/C32H58O/c1-4-7-10-13-15-18-21-26-30(31-27-22-23-28-32(31)33)29(24-19-16-12-9-6-3)25-20-17-14-11-8-5-2/h22-23,27-30,33H,4-21,24-26H2,1-3H3. The summed E-state index contributed by atoms with van der Waals surface area (Å²) in [6, 6.07) is 8.25. The molecule has 0 fully saturated rings. The van der Waals surface area contributed by atoms with Crippen molar-refractivity contribution in [1.29, 1.82) is 0 Å². The van der Waals surface area contributed by atoms with Gasteiger partial charge in [0.05, 0.1) is 0 Å². The summed E-state index contributed by atoms with van der Waals surface area (Å²) in [6.45, 7) is 6.90. The van der Waals surface area contributed by atoms with Crippen LogP contribution in [0.1, 0.15) is 167 Å². The predicted molar refractivity (Wildman–Crippen MR) is 148 cm³/mol. The van der Waals surface area contributed by atoms with Crippen molar-refractivity contribution in [3.8, 4) is 5.75 Å². The summed E-state index contributed by atoms with van der Waals surface area (Å²) < 4.78 is 0. The van der Waals surface area contributed by atoms with Gasteiger partial charge in [-0.05, 0) is 42.7 Å². The number of hydrogen-bond acceptors (Lipinski definition) is 1. The second kappa shape index (κ2) is 21.5. The van der Waals surface area contributed by atoms with Crippen molar-refractivity contribution in [3.63, 3.8) is 0 Å². The van der Waals surface area contributed by atoms with Crippen LogP contribution in [-0.2, 0) is 0 Å².